The molecule has 0 radical (unpaired) electrons. The number of alkyl halides is 6. The van der Waals surface area contributed by atoms with Crippen LogP contribution in [0, 0.1) is 11.6 Å². The van der Waals surface area contributed by atoms with Crippen molar-refractivity contribution in [2.24, 2.45) is 5.16 Å². The van der Waals surface area contributed by atoms with Gasteiger partial charge in [0.05, 0.1) is 16.8 Å². The molecule has 220 valence electrons. The summed E-state index contributed by atoms with van der Waals surface area (Å²) in [4.78, 5) is 7.56. The predicted molar refractivity (Wildman–Crippen MR) is 135 cm³/mol. The number of nitrogens with one attached hydrogen (secondary N) is 1. The van der Waals surface area contributed by atoms with Crippen LogP contribution in [0.2, 0.25) is 0 Å². The smallest absolute Gasteiger partial charge is 0.383 e. The summed E-state index contributed by atoms with van der Waals surface area (Å²) in [7, 11) is 0. The molecule has 1 fully saturated rings. The Morgan fingerprint density at radius 2 is 1.24 bits per heavy atom. The number of halogens is 8. The summed E-state index contributed by atoms with van der Waals surface area (Å²) in [5.41, 5.74) is -1.62. The van der Waals surface area contributed by atoms with E-state index in [0.717, 1.165) is 0 Å². The van der Waals surface area contributed by atoms with Gasteiger partial charge in [0.2, 0.25) is 0 Å². The van der Waals surface area contributed by atoms with Gasteiger partial charge in [-0.25, -0.2) is 8.78 Å². The molecule has 1 aliphatic heterocycles. The first kappa shape index (κ1) is 30.3. The average Bonchev–Trinajstić information content (AvgIpc) is 2.90. The predicted octanol–water partition coefficient (Wildman–Crippen LogP) is 6.99. The minimum absolute atomic E-state index is 0.0157. The molecular weight excluding hydrogens is 562 g/mol. The Balaban J connectivity index is 1.37. The van der Waals surface area contributed by atoms with Crippen LogP contribution in [0.1, 0.15) is 41.2 Å². The highest BCUT2D eigenvalue weighted by atomic mass is 19.4. The molecule has 0 saturated carbocycles. The van der Waals surface area contributed by atoms with Crippen molar-refractivity contribution in [2.75, 3.05) is 25.0 Å². The lowest BCUT2D eigenvalue weighted by Crippen LogP contribution is -2.41. The van der Waals surface area contributed by atoms with Crippen LogP contribution in [0.25, 0.3) is 0 Å². The molecule has 3 aromatic carbocycles. The summed E-state index contributed by atoms with van der Waals surface area (Å²) in [5, 5.41) is 16.9. The highest BCUT2D eigenvalue weighted by Gasteiger charge is 2.37. The lowest BCUT2D eigenvalue weighted by molar-refractivity contribution is -0.143. The van der Waals surface area contributed by atoms with Crippen LogP contribution in [0.15, 0.2) is 71.9 Å². The molecule has 2 N–H and O–H groups in total. The quantitative estimate of drug-likeness (QED) is 0.170. The maximum atomic E-state index is 13.4. The van der Waals surface area contributed by atoms with Gasteiger partial charge in [0.25, 0.3) is 0 Å². The van der Waals surface area contributed by atoms with E-state index in [1.54, 1.807) is 4.90 Å². The molecule has 0 spiro atoms. The van der Waals surface area contributed by atoms with Crippen molar-refractivity contribution in [1.82, 2.24) is 4.90 Å². The maximum Gasteiger partial charge on any atom is 0.416 e. The molecule has 5 nitrogen and oxygen atoms in total. The molecule has 0 aliphatic carbocycles. The number of likely N-dealkylation sites (tertiary alicyclic amines) is 1. The number of hydrogen-bond acceptors (Lipinski definition) is 5. The van der Waals surface area contributed by atoms with Gasteiger partial charge in [-0.05, 0) is 53.6 Å². The van der Waals surface area contributed by atoms with E-state index in [1.807, 2.05) is 0 Å². The molecule has 0 amide bonds. The number of benzene rings is 3. The van der Waals surface area contributed by atoms with E-state index in [9.17, 15) is 40.2 Å². The summed E-state index contributed by atoms with van der Waals surface area (Å²) in [5.74, 6) is -0.869. The third kappa shape index (κ3) is 8.40. The Morgan fingerprint density at radius 1 is 0.780 bits per heavy atom. The zero-order valence-electron chi connectivity index (χ0n) is 21.3. The highest BCUT2D eigenvalue weighted by molar-refractivity contribution is 5.85. The zero-order valence-corrected chi connectivity index (χ0v) is 21.3. The molecule has 0 aromatic heterocycles. The number of aliphatic hydroxyl groups excluding tert-OH is 1. The molecule has 13 heteroatoms. The standard InChI is InChI=1S/C28H25F8N3O2/c29-21-5-1-17(2-6-21)26(18-3-7-22(30)8-4-18)41-38-23-9-11-39(12-10-23)16-25(40)37-24-14-19(27(31,32)33)13-20(15-24)28(34,35)36/h1-8,13-15,25-26,37,40H,9-12,16H2. The number of rotatable bonds is 8. The van der Waals surface area contributed by atoms with E-state index in [0.29, 0.717) is 54.9 Å². The second-order valence-corrected chi connectivity index (χ2v) is 9.50. The van der Waals surface area contributed by atoms with Gasteiger partial charge in [-0.1, -0.05) is 29.4 Å². The number of nitrogens with zero attached hydrogens (tertiary/aromatic N) is 2. The molecular formula is C28H25F8N3O2. The largest absolute Gasteiger partial charge is 0.416 e. The summed E-state index contributed by atoms with van der Waals surface area (Å²) in [6.45, 7) is 0.698. The van der Waals surface area contributed by atoms with Gasteiger partial charge < -0.3 is 15.3 Å². The summed E-state index contributed by atoms with van der Waals surface area (Å²) in [6.07, 6.45) is -11.4. The lowest BCUT2D eigenvalue weighted by atomic mass is 10.0. The monoisotopic (exact) mass is 587 g/mol. The van der Waals surface area contributed by atoms with E-state index >= 15 is 0 Å². The van der Waals surface area contributed by atoms with E-state index in [1.165, 1.54) is 48.5 Å². The molecule has 1 atom stereocenters. The van der Waals surface area contributed by atoms with Crippen molar-refractivity contribution >= 4 is 11.4 Å². The zero-order chi connectivity index (χ0) is 29.8. The Hall–Kier alpha value is -3.71. The first-order valence-electron chi connectivity index (χ1n) is 12.5. The first-order valence-corrected chi connectivity index (χ1v) is 12.5. The summed E-state index contributed by atoms with van der Waals surface area (Å²) >= 11 is 0. The van der Waals surface area contributed by atoms with Crippen LogP contribution in [0.3, 0.4) is 0 Å². The third-order valence-corrected chi connectivity index (χ3v) is 6.42. The lowest BCUT2D eigenvalue weighted by Gasteiger charge is -2.30. The highest BCUT2D eigenvalue weighted by Crippen LogP contribution is 2.37. The fourth-order valence-corrected chi connectivity index (χ4v) is 4.32. The number of anilines is 1. The normalized spacial score (nSPS) is 15.6. The maximum absolute atomic E-state index is 13.4. The van der Waals surface area contributed by atoms with Crippen molar-refractivity contribution in [3.63, 3.8) is 0 Å². The molecule has 1 heterocycles. The van der Waals surface area contributed by atoms with Crippen LogP contribution in [0.5, 0.6) is 0 Å². The van der Waals surface area contributed by atoms with Crippen molar-refractivity contribution < 1.29 is 45.1 Å². The van der Waals surface area contributed by atoms with Crippen molar-refractivity contribution in [1.29, 1.82) is 0 Å². The van der Waals surface area contributed by atoms with Gasteiger partial charge in [-0.2, -0.15) is 26.3 Å². The van der Waals surface area contributed by atoms with Crippen LogP contribution >= 0.6 is 0 Å². The molecule has 1 unspecified atom stereocenters. The Kier molecular flexibility index (Phi) is 9.17. The topological polar surface area (TPSA) is 57.1 Å². The molecule has 1 aliphatic rings. The molecule has 4 rings (SSSR count). The number of oxime groups is 1. The van der Waals surface area contributed by atoms with Gasteiger partial charge in [-0.15, -0.1) is 0 Å². The third-order valence-electron chi connectivity index (χ3n) is 6.42. The molecule has 3 aromatic rings. The Labute approximate surface area is 230 Å². The van der Waals surface area contributed by atoms with Crippen LogP contribution < -0.4 is 5.32 Å². The molecule has 1 saturated heterocycles. The number of piperidine rings is 1. The molecule has 0 bridgehead atoms. The molecule has 41 heavy (non-hydrogen) atoms. The van der Waals surface area contributed by atoms with E-state index in [-0.39, 0.29) is 12.6 Å². The van der Waals surface area contributed by atoms with Crippen LogP contribution in [-0.2, 0) is 17.2 Å². The van der Waals surface area contributed by atoms with Crippen molar-refractivity contribution in [2.45, 2.75) is 37.5 Å². The van der Waals surface area contributed by atoms with Gasteiger partial charge >= 0.3 is 12.4 Å². The number of hydrogen-bond donors (Lipinski definition) is 2. The first-order chi connectivity index (χ1) is 19.3. The van der Waals surface area contributed by atoms with Crippen molar-refractivity contribution in [3.8, 4) is 0 Å². The van der Waals surface area contributed by atoms with E-state index in [4.69, 9.17) is 4.84 Å². The van der Waals surface area contributed by atoms with E-state index in [2.05, 4.69) is 10.5 Å². The average molecular weight is 588 g/mol. The number of aliphatic hydroxyl groups is 1. The second kappa shape index (κ2) is 12.4. The van der Waals surface area contributed by atoms with Crippen LogP contribution in [0.4, 0.5) is 40.8 Å². The Morgan fingerprint density at radius 3 is 1.68 bits per heavy atom. The van der Waals surface area contributed by atoms with Crippen LogP contribution in [-0.4, -0.2) is 41.6 Å². The Bertz CT molecular complexity index is 1250. The fourth-order valence-electron chi connectivity index (χ4n) is 4.32. The summed E-state index contributed by atoms with van der Waals surface area (Å²) in [6, 6.07) is 12.2. The van der Waals surface area contributed by atoms with Gasteiger partial charge in [0, 0.05) is 38.2 Å². The minimum Gasteiger partial charge on any atom is -0.383 e. The number of β-amino-alcohol motifs (C(OH)–C–C–N with tert-alkyl or cyclic N) is 1. The fraction of sp³-hybridized carbons (Fsp3) is 0.321. The van der Waals surface area contributed by atoms with Gasteiger partial charge in [0.1, 0.15) is 17.9 Å². The minimum atomic E-state index is -5.00. The van der Waals surface area contributed by atoms with E-state index < -0.39 is 53.1 Å². The van der Waals surface area contributed by atoms with Crippen molar-refractivity contribution in [3.05, 3.63) is 101 Å². The second-order valence-electron chi connectivity index (χ2n) is 9.50. The van der Waals surface area contributed by atoms with Gasteiger partial charge in [-0.3, -0.25) is 4.90 Å². The van der Waals surface area contributed by atoms with Gasteiger partial charge in [0.15, 0.2) is 6.10 Å². The SMILES string of the molecule is OC(CN1CCC(=NOC(c2ccc(F)cc2)c2ccc(F)cc2)CC1)Nc1cc(C(F)(F)F)cc(C(F)(F)F)c1. The summed E-state index contributed by atoms with van der Waals surface area (Å²) < 4.78 is 105.